The summed E-state index contributed by atoms with van der Waals surface area (Å²) in [5, 5.41) is 1.76. The van der Waals surface area contributed by atoms with E-state index in [1.807, 2.05) is 75.4 Å². The SMILES string of the molecule is CC(C)(C)N1OC(C(=O)c2ccccc2)=C(C(=O)c2ccccc2)[C@@H]1c1ccccc1. The second kappa shape index (κ2) is 8.32. The Morgan fingerprint density at radius 1 is 0.710 bits per heavy atom. The number of rotatable bonds is 5. The lowest BCUT2D eigenvalue weighted by Gasteiger charge is -2.35. The van der Waals surface area contributed by atoms with E-state index in [1.165, 1.54) is 0 Å². The van der Waals surface area contributed by atoms with Crippen LogP contribution in [0.4, 0.5) is 0 Å². The highest BCUT2D eigenvalue weighted by atomic mass is 16.7. The topological polar surface area (TPSA) is 46.6 Å². The average Bonchev–Trinajstić information content (AvgIpc) is 3.21. The van der Waals surface area contributed by atoms with Gasteiger partial charge in [0.15, 0.2) is 5.78 Å². The largest absolute Gasteiger partial charge is 0.400 e. The van der Waals surface area contributed by atoms with Gasteiger partial charge in [-0.05, 0) is 26.3 Å². The molecule has 1 aliphatic heterocycles. The van der Waals surface area contributed by atoms with Crippen molar-refractivity contribution in [2.75, 3.05) is 0 Å². The average molecular weight is 412 g/mol. The zero-order valence-electron chi connectivity index (χ0n) is 17.9. The lowest BCUT2D eigenvalue weighted by Crippen LogP contribution is -2.41. The number of hydroxylamine groups is 2. The van der Waals surface area contributed by atoms with Gasteiger partial charge >= 0.3 is 0 Å². The molecule has 156 valence electrons. The van der Waals surface area contributed by atoms with Gasteiger partial charge in [0.2, 0.25) is 11.5 Å². The maximum atomic E-state index is 13.7. The molecule has 0 radical (unpaired) electrons. The van der Waals surface area contributed by atoms with Gasteiger partial charge in [-0.3, -0.25) is 9.59 Å². The number of Topliss-reactive ketones (excluding diaryl/α,β-unsaturated/α-hetero) is 2. The highest BCUT2D eigenvalue weighted by Crippen LogP contribution is 2.44. The standard InChI is InChI=1S/C27H25NO3/c1-27(2,3)28-23(19-13-7-4-8-14-19)22(24(29)20-15-9-5-10-16-20)26(31-28)25(30)21-17-11-6-12-18-21/h4-18,23H,1-3H3/t23-/m0/s1. The molecule has 0 saturated heterocycles. The number of nitrogens with zero attached hydrogens (tertiary/aromatic N) is 1. The van der Waals surface area contributed by atoms with E-state index in [0.29, 0.717) is 16.7 Å². The molecule has 31 heavy (non-hydrogen) atoms. The second-order valence-electron chi connectivity index (χ2n) is 8.53. The molecule has 3 aromatic carbocycles. The number of hydrogen-bond donors (Lipinski definition) is 0. The van der Waals surface area contributed by atoms with Crippen LogP contribution in [0.5, 0.6) is 0 Å². The lowest BCUT2D eigenvalue weighted by molar-refractivity contribution is -0.174. The minimum Gasteiger partial charge on any atom is -0.400 e. The Balaban J connectivity index is 1.93. The number of benzene rings is 3. The van der Waals surface area contributed by atoms with Crippen molar-refractivity contribution in [1.82, 2.24) is 5.06 Å². The van der Waals surface area contributed by atoms with E-state index in [9.17, 15) is 9.59 Å². The first-order chi connectivity index (χ1) is 14.9. The Morgan fingerprint density at radius 2 is 1.16 bits per heavy atom. The Kier molecular flexibility index (Phi) is 5.57. The number of carbonyl (C=O) groups excluding carboxylic acids is 2. The maximum Gasteiger partial charge on any atom is 0.230 e. The Bertz CT molecular complexity index is 1110. The van der Waals surface area contributed by atoms with Gasteiger partial charge in [0.05, 0.1) is 5.57 Å². The first-order valence-electron chi connectivity index (χ1n) is 10.3. The van der Waals surface area contributed by atoms with Crippen LogP contribution in [0.15, 0.2) is 102 Å². The fraction of sp³-hybridized carbons (Fsp3) is 0.185. The van der Waals surface area contributed by atoms with E-state index in [2.05, 4.69) is 0 Å². The minimum atomic E-state index is -0.503. The molecule has 0 aromatic heterocycles. The molecule has 4 rings (SSSR count). The Hall–Kier alpha value is -3.50. The molecule has 0 fully saturated rings. The van der Waals surface area contributed by atoms with Crippen molar-refractivity contribution in [3.8, 4) is 0 Å². The van der Waals surface area contributed by atoms with Crippen LogP contribution in [-0.4, -0.2) is 22.2 Å². The summed E-state index contributed by atoms with van der Waals surface area (Å²) in [6.45, 7) is 6.01. The number of carbonyl (C=O) groups is 2. The first-order valence-corrected chi connectivity index (χ1v) is 10.3. The number of allylic oxidation sites excluding steroid dienone is 1. The zero-order chi connectivity index (χ0) is 22.0. The smallest absolute Gasteiger partial charge is 0.230 e. The fourth-order valence-corrected chi connectivity index (χ4v) is 3.76. The van der Waals surface area contributed by atoms with Gasteiger partial charge in [-0.2, -0.15) is 0 Å². The van der Waals surface area contributed by atoms with Crippen LogP contribution in [0.2, 0.25) is 0 Å². The summed E-state index contributed by atoms with van der Waals surface area (Å²) in [5.41, 5.74) is 1.81. The zero-order valence-corrected chi connectivity index (χ0v) is 17.9. The van der Waals surface area contributed by atoms with Crippen molar-refractivity contribution in [3.63, 3.8) is 0 Å². The Morgan fingerprint density at radius 3 is 1.65 bits per heavy atom. The van der Waals surface area contributed by atoms with E-state index in [1.54, 1.807) is 41.5 Å². The van der Waals surface area contributed by atoms with Gasteiger partial charge in [-0.25, -0.2) is 0 Å². The molecule has 4 heteroatoms. The van der Waals surface area contributed by atoms with Crippen molar-refractivity contribution in [3.05, 3.63) is 119 Å². The van der Waals surface area contributed by atoms with Crippen LogP contribution >= 0.6 is 0 Å². The first kappa shape index (κ1) is 20.8. The predicted molar refractivity (Wildman–Crippen MR) is 120 cm³/mol. The van der Waals surface area contributed by atoms with Gasteiger partial charge in [0.25, 0.3) is 0 Å². The van der Waals surface area contributed by atoms with E-state index in [4.69, 9.17) is 4.84 Å². The molecule has 1 aliphatic rings. The molecule has 0 saturated carbocycles. The summed E-state index contributed by atoms with van der Waals surface area (Å²) in [4.78, 5) is 33.4. The molecule has 3 aromatic rings. The summed E-state index contributed by atoms with van der Waals surface area (Å²) in [6, 6.07) is 27.2. The normalized spacial score (nSPS) is 16.8. The summed E-state index contributed by atoms with van der Waals surface area (Å²) < 4.78 is 0. The summed E-state index contributed by atoms with van der Waals surface area (Å²) in [6.07, 6.45) is 0. The van der Waals surface area contributed by atoms with Crippen LogP contribution in [0, 0.1) is 0 Å². The van der Waals surface area contributed by atoms with Crippen molar-refractivity contribution in [2.24, 2.45) is 0 Å². The molecular weight excluding hydrogens is 386 g/mol. The molecule has 0 bridgehead atoms. The summed E-state index contributed by atoms with van der Waals surface area (Å²) in [7, 11) is 0. The second-order valence-corrected chi connectivity index (χ2v) is 8.53. The molecule has 4 nitrogen and oxygen atoms in total. The van der Waals surface area contributed by atoms with Crippen LogP contribution in [0.1, 0.15) is 53.1 Å². The monoisotopic (exact) mass is 411 g/mol. The number of hydrogen-bond acceptors (Lipinski definition) is 4. The third-order valence-corrected chi connectivity index (χ3v) is 5.24. The van der Waals surface area contributed by atoms with Crippen LogP contribution in [-0.2, 0) is 4.84 Å². The molecule has 0 aliphatic carbocycles. The molecular formula is C27H25NO3. The third kappa shape index (κ3) is 4.07. The van der Waals surface area contributed by atoms with Gasteiger partial charge in [-0.1, -0.05) is 91.0 Å². The van der Waals surface area contributed by atoms with Crippen LogP contribution in [0.25, 0.3) is 0 Å². The van der Waals surface area contributed by atoms with Crippen molar-refractivity contribution < 1.29 is 14.4 Å². The highest BCUT2D eigenvalue weighted by Gasteiger charge is 2.47. The fourth-order valence-electron chi connectivity index (χ4n) is 3.76. The predicted octanol–water partition coefficient (Wildman–Crippen LogP) is 5.79. The van der Waals surface area contributed by atoms with Crippen molar-refractivity contribution in [1.29, 1.82) is 0 Å². The van der Waals surface area contributed by atoms with Crippen molar-refractivity contribution in [2.45, 2.75) is 32.4 Å². The summed E-state index contributed by atoms with van der Waals surface area (Å²) in [5.74, 6) is -0.420. The van der Waals surface area contributed by atoms with Gasteiger partial charge in [-0.15, -0.1) is 5.06 Å². The van der Waals surface area contributed by atoms with Gasteiger partial charge in [0.1, 0.15) is 6.04 Å². The van der Waals surface area contributed by atoms with E-state index < -0.39 is 11.6 Å². The molecule has 0 spiro atoms. The highest BCUT2D eigenvalue weighted by molar-refractivity contribution is 6.18. The van der Waals surface area contributed by atoms with Crippen LogP contribution in [0.3, 0.4) is 0 Å². The summed E-state index contributed by atoms with van der Waals surface area (Å²) >= 11 is 0. The quantitative estimate of drug-likeness (QED) is 0.498. The van der Waals surface area contributed by atoms with Crippen LogP contribution < -0.4 is 0 Å². The molecule has 0 N–H and O–H groups in total. The Labute approximate surface area is 182 Å². The third-order valence-electron chi connectivity index (χ3n) is 5.24. The lowest BCUT2D eigenvalue weighted by atomic mass is 9.88. The van der Waals surface area contributed by atoms with E-state index >= 15 is 0 Å². The minimum absolute atomic E-state index is 0.0869. The van der Waals surface area contributed by atoms with E-state index in [-0.39, 0.29) is 17.3 Å². The van der Waals surface area contributed by atoms with Gasteiger partial charge < -0.3 is 4.84 Å². The molecule has 0 amide bonds. The number of ketones is 2. The van der Waals surface area contributed by atoms with Crippen molar-refractivity contribution >= 4 is 11.6 Å². The van der Waals surface area contributed by atoms with E-state index in [0.717, 1.165) is 5.56 Å². The maximum absolute atomic E-state index is 13.7. The molecule has 1 atom stereocenters. The molecule has 0 unspecified atom stereocenters. The molecule has 1 heterocycles. The van der Waals surface area contributed by atoms with Gasteiger partial charge in [0, 0.05) is 16.7 Å².